The number of fused-ring (bicyclic) bond motifs is 2. The van der Waals surface area contributed by atoms with E-state index in [1.807, 2.05) is 31.2 Å². The summed E-state index contributed by atoms with van der Waals surface area (Å²) in [6, 6.07) is 12.2. The van der Waals surface area contributed by atoms with Gasteiger partial charge in [-0.05, 0) is 49.9 Å². The highest BCUT2D eigenvalue weighted by Gasteiger charge is 2.26. The largest absolute Gasteiger partial charge is 0.276 e. The molecule has 41 heavy (non-hydrogen) atoms. The van der Waals surface area contributed by atoms with Crippen molar-refractivity contribution in [3.05, 3.63) is 47.4 Å². The molecule has 0 bridgehead atoms. The van der Waals surface area contributed by atoms with Crippen molar-refractivity contribution in [2.45, 2.75) is 63.2 Å². The highest BCUT2D eigenvalue weighted by molar-refractivity contribution is 7.89. The molecule has 10 nitrogen and oxygen atoms in total. The Morgan fingerprint density at radius 3 is 1.83 bits per heavy atom. The molecule has 0 aliphatic carbocycles. The van der Waals surface area contributed by atoms with Crippen LogP contribution >= 0.6 is 0 Å². The Morgan fingerprint density at radius 1 is 0.756 bits per heavy atom. The minimum Gasteiger partial charge on any atom is -0.276 e. The lowest BCUT2D eigenvalue weighted by Gasteiger charge is -2.21. The highest BCUT2D eigenvalue weighted by Crippen LogP contribution is 2.42. The first kappa shape index (κ1) is 31.3. The molecule has 0 radical (unpaired) electrons. The first-order valence-corrected chi connectivity index (χ1v) is 17.6. The maximum absolute atomic E-state index is 13.3. The Hall–Kier alpha value is -2.64. The summed E-state index contributed by atoms with van der Waals surface area (Å²) in [7, 11) is -6.55. The van der Waals surface area contributed by atoms with Crippen LogP contribution in [0.3, 0.4) is 0 Å². The predicted molar refractivity (Wildman–Crippen MR) is 164 cm³/mol. The monoisotopic (exact) mass is 604 g/mol. The summed E-state index contributed by atoms with van der Waals surface area (Å²) >= 11 is 0. The van der Waals surface area contributed by atoms with E-state index in [1.54, 1.807) is 26.8 Å². The quantitative estimate of drug-likeness (QED) is 0.195. The molecule has 0 amide bonds. The topological polar surface area (TPSA) is 125 Å². The van der Waals surface area contributed by atoms with Gasteiger partial charge in [-0.2, -0.15) is 4.31 Å². The molecule has 2 aliphatic rings. The minimum atomic E-state index is -3.63. The molecule has 5 rings (SSSR count). The Labute approximate surface area is 243 Å². The summed E-state index contributed by atoms with van der Waals surface area (Å²) in [6.07, 6.45) is 9.51. The number of rotatable bonds is 7. The van der Waals surface area contributed by atoms with Crippen LogP contribution in [-0.2, 0) is 24.9 Å². The van der Waals surface area contributed by atoms with Gasteiger partial charge in [0.05, 0.1) is 23.4 Å². The van der Waals surface area contributed by atoms with Crippen LogP contribution in [0, 0.1) is 4.91 Å². The standard InChI is InChI=1S/C22H25N3O4S.C7H15NO2S/c1-2-29-24-22-18-10-6-5-9-17(18)21(23-26)19-12-11-16(15-20(19)22)30(27,28)25-13-7-3-4-8-14-25;1-11(9,10)8-6-4-2-3-5-7-8/h5-6,9-12,15,24H,2-4,7-8,13-14H2,1H3;2-7H2,1H3. The molecule has 224 valence electrons. The van der Waals surface area contributed by atoms with Crippen LogP contribution in [0.2, 0.25) is 0 Å². The number of nitrogens with zero attached hydrogens (tertiary/aromatic N) is 3. The Kier molecular flexibility index (Phi) is 10.7. The Morgan fingerprint density at radius 2 is 1.29 bits per heavy atom. The summed E-state index contributed by atoms with van der Waals surface area (Å²) in [5.74, 6) is 0. The van der Waals surface area contributed by atoms with Gasteiger partial charge in [-0.1, -0.05) is 56.0 Å². The lowest BCUT2D eigenvalue weighted by Crippen LogP contribution is -2.31. The zero-order valence-electron chi connectivity index (χ0n) is 23.8. The maximum atomic E-state index is 13.3. The molecule has 0 spiro atoms. The lowest BCUT2D eigenvalue weighted by molar-refractivity contribution is 0.211. The maximum Gasteiger partial charge on any atom is 0.243 e. The van der Waals surface area contributed by atoms with Crippen molar-refractivity contribution >= 4 is 53.0 Å². The average Bonchev–Trinajstić information content (AvgIpc) is 3.42. The fourth-order valence-electron chi connectivity index (χ4n) is 5.45. The smallest absolute Gasteiger partial charge is 0.243 e. The molecule has 2 heterocycles. The zero-order chi connectivity index (χ0) is 29.5. The van der Waals surface area contributed by atoms with Crippen LogP contribution in [0.25, 0.3) is 21.5 Å². The third-order valence-electron chi connectivity index (χ3n) is 7.61. The Bertz CT molecular complexity index is 1560. The van der Waals surface area contributed by atoms with E-state index in [0.717, 1.165) is 57.0 Å². The summed E-state index contributed by atoms with van der Waals surface area (Å²) < 4.78 is 51.9. The van der Waals surface area contributed by atoms with Crippen LogP contribution < -0.4 is 5.48 Å². The second kappa shape index (κ2) is 14.0. The van der Waals surface area contributed by atoms with E-state index in [4.69, 9.17) is 4.84 Å². The van der Waals surface area contributed by atoms with Gasteiger partial charge in [0.2, 0.25) is 20.0 Å². The molecule has 1 N–H and O–H groups in total. The lowest BCUT2D eigenvalue weighted by atomic mass is 9.99. The van der Waals surface area contributed by atoms with Crippen molar-refractivity contribution in [1.82, 2.24) is 8.61 Å². The van der Waals surface area contributed by atoms with Crippen molar-refractivity contribution in [3.63, 3.8) is 0 Å². The van der Waals surface area contributed by atoms with Crippen LogP contribution in [0.1, 0.15) is 58.3 Å². The predicted octanol–water partition coefficient (Wildman–Crippen LogP) is 6.14. The van der Waals surface area contributed by atoms with E-state index in [0.29, 0.717) is 47.2 Å². The van der Waals surface area contributed by atoms with Gasteiger partial charge in [0.15, 0.2) is 0 Å². The number of sulfonamides is 2. The van der Waals surface area contributed by atoms with Crippen LogP contribution in [0.4, 0.5) is 11.4 Å². The molecule has 3 aromatic carbocycles. The molecule has 0 saturated carbocycles. The zero-order valence-corrected chi connectivity index (χ0v) is 25.5. The Balaban J connectivity index is 0.000000296. The molecule has 0 unspecified atom stereocenters. The fourth-order valence-corrected chi connectivity index (χ4v) is 7.92. The number of nitroso groups, excluding NO2 is 1. The first-order valence-electron chi connectivity index (χ1n) is 14.3. The normalized spacial score (nSPS) is 17.8. The minimum absolute atomic E-state index is 0.212. The van der Waals surface area contributed by atoms with Crippen molar-refractivity contribution in [3.8, 4) is 0 Å². The molecule has 0 aromatic heterocycles. The number of hydrogen-bond acceptors (Lipinski definition) is 8. The van der Waals surface area contributed by atoms with E-state index in [9.17, 15) is 21.7 Å². The second-order valence-electron chi connectivity index (χ2n) is 10.5. The summed E-state index contributed by atoms with van der Waals surface area (Å²) in [5.41, 5.74) is 3.87. The summed E-state index contributed by atoms with van der Waals surface area (Å²) in [4.78, 5) is 17.4. The molecule has 2 fully saturated rings. The first-order chi connectivity index (χ1) is 19.7. The molecular formula is C29H40N4O6S2. The number of hydrogen-bond donors (Lipinski definition) is 1. The fraction of sp³-hybridized carbons (Fsp3) is 0.517. The summed E-state index contributed by atoms with van der Waals surface area (Å²) in [6.45, 7) is 4.79. The summed E-state index contributed by atoms with van der Waals surface area (Å²) in [5, 5.41) is 5.87. The molecule has 12 heteroatoms. The van der Waals surface area contributed by atoms with Crippen molar-refractivity contribution in [2.24, 2.45) is 5.18 Å². The molecule has 3 aromatic rings. The van der Waals surface area contributed by atoms with E-state index in [2.05, 4.69) is 10.7 Å². The third kappa shape index (κ3) is 7.42. The van der Waals surface area contributed by atoms with Crippen LogP contribution in [-0.4, -0.2) is 64.5 Å². The van der Waals surface area contributed by atoms with E-state index < -0.39 is 20.0 Å². The van der Waals surface area contributed by atoms with E-state index in [1.165, 1.54) is 19.1 Å². The van der Waals surface area contributed by atoms with Gasteiger partial charge in [-0.3, -0.25) is 10.3 Å². The van der Waals surface area contributed by atoms with Gasteiger partial charge >= 0.3 is 0 Å². The van der Waals surface area contributed by atoms with Crippen molar-refractivity contribution < 1.29 is 21.7 Å². The van der Waals surface area contributed by atoms with E-state index in [-0.39, 0.29) is 4.90 Å². The third-order valence-corrected chi connectivity index (χ3v) is 10.8. The van der Waals surface area contributed by atoms with Crippen molar-refractivity contribution in [1.29, 1.82) is 0 Å². The van der Waals surface area contributed by atoms with Gasteiger partial charge in [0.1, 0.15) is 5.69 Å². The van der Waals surface area contributed by atoms with Gasteiger partial charge in [0, 0.05) is 47.7 Å². The van der Waals surface area contributed by atoms with Gasteiger partial charge in [-0.15, -0.1) is 4.91 Å². The van der Waals surface area contributed by atoms with Gasteiger partial charge in [0.25, 0.3) is 0 Å². The molecular weight excluding hydrogens is 564 g/mol. The van der Waals surface area contributed by atoms with Crippen molar-refractivity contribution in [2.75, 3.05) is 44.5 Å². The number of benzene rings is 3. The molecule has 0 atom stereocenters. The van der Waals surface area contributed by atoms with E-state index >= 15 is 0 Å². The highest BCUT2D eigenvalue weighted by atomic mass is 32.2. The SMILES string of the molecule is CCONc1c2ccccc2c(N=O)c2ccc(S(=O)(=O)N3CCCCCC3)cc12.CS(=O)(=O)N1CCCCCC1. The van der Waals surface area contributed by atoms with Gasteiger partial charge < -0.3 is 0 Å². The van der Waals surface area contributed by atoms with Gasteiger partial charge in [-0.25, -0.2) is 21.1 Å². The van der Waals surface area contributed by atoms with Crippen LogP contribution in [0.5, 0.6) is 0 Å². The average molecular weight is 605 g/mol. The number of anilines is 1. The molecule has 2 saturated heterocycles. The number of nitrogens with one attached hydrogen (secondary N) is 1. The second-order valence-corrected chi connectivity index (χ2v) is 14.4. The molecule has 2 aliphatic heterocycles. The van der Waals surface area contributed by atoms with Crippen LogP contribution in [0.15, 0.2) is 52.5 Å².